The van der Waals surface area contributed by atoms with E-state index < -0.39 is 0 Å². The van der Waals surface area contributed by atoms with Crippen LogP contribution < -0.4 is 0 Å². The highest BCUT2D eigenvalue weighted by molar-refractivity contribution is 6.35. The second kappa shape index (κ2) is 5.31. The van der Waals surface area contributed by atoms with Gasteiger partial charge in [-0.05, 0) is 31.9 Å². The van der Waals surface area contributed by atoms with Crippen LogP contribution in [0.15, 0.2) is 18.2 Å². The Morgan fingerprint density at radius 2 is 2.37 bits per heavy atom. The zero-order valence-corrected chi connectivity index (χ0v) is 12.3. The molecule has 3 rings (SSSR count). The van der Waals surface area contributed by atoms with Crippen molar-refractivity contribution in [2.45, 2.75) is 37.8 Å². The number of halogens is 2. The average molecular weight is 299 g/mol. The zero-order valence-electron chi connectivity index (χ0n) is 10.8. The van der Waals surface area contributed by atoms with Gasteiger partial charge in [0.1, 0.15) is 5.82 Å². The Morgan fingerprint density at radius 3 is 3.05 bits per heavy atom. The number of benzene rings is 1. The molecular formula is C14H16Cl2N2O. The number of aromatic nitrogens is 2. The van der Waals surface area contributed by atoms with E-state index in [9.17, 15) is 0 Å². The number of para-hydroxylation sites is 1. The van der Waals surface area contributed by atoms with Crippen molar-refractivity contribution in [2.24, 2.45) is 0 Å². The van der Waals surface area contributed by atoms with Crippen molar-refractivity contribution in [3.05, 3.63) is 29.0 Å². The van der Waals surface area contributed by atoms with E-state index >= 15 is 0 Å². The fourth-order valence-electron chi connectivity index (χ4n) is 2.84. The van der Waals surface area contributed by atoms with E-state index in [1.807, 2.05) is 18.2 Å². The van der Waals surface area contributed by atoms with Gasteiger partial charge in [-0.1, -0.05) is 17.7 Å². The van der Waals surface area contributed by atoms with Crippen LogP contribution in [0, 0.1) is 0 Å². The van der Waals surface area contributed by atoms with Crippen LogP contribution in [0.2, 0.25) is 5.02 Å². The Kier molecular flexibility index (Phi) is 3.70. The molecule has 1 aliphatic heterocycles. The normalized spacial score (nSPS) is 21.1. The minimum Gasteiger partial charge on any atom is -0.376 e. The van der Waals surface area contributed by atoms with E-state index in [1.54, 1.807) is 0 Å². The molecule has 0 amide bonds. The average Bonchev–Trinajstić information content (AvgIpc) is 3.05. The summed E-state index contributed by atoms with van der Waals surface area (Å²) in [6, 6.07) is 5.97. The highest BCUT2D eigenvalue weighted by Crippen LogP contribution is 2.32. The lowest BCUT2D eigenvalue weighted by atomic mass is 10.1. The number of alkyl halides is 1. The molecule has 2 unspecified atom stereocenters. The minimum atomic E-state index is 0.196. The predicted molar refractivity (Wildman–Crippen MR) is 78.0 cm³/mol. The molecule has 1 aromatic carbocycles. The third-order valence-electron chi connectivity index (χ3n) is 3.76. The van der Waals surface area contributed by atoms with Crippen LogP contribution in [0.4, 0.5) is 0 Å². The maximum Gasteiger partial charge on any atom is 0.125 e. The zero-order chi connectivity index (χ0) is 13.4. The molecule has 0 spiro atoms. The van der Waals surface area contributed by atoms with Crippen LogP contribution in [0.1, 0.15) is 31.6 Å². The Morgan fingerprint density at radius 1 is 1.53 bits per heavy atom. The number of rotatable bonds is 3. The summed E-state index contributed by atoms with van der Waals surface area (Å²) in [5, 5.41) is 0.714. The third-order valence-corrected chi connectivity index (χ3v) is 4.31. The van der Waals surface area contributed by atoms with E-state index in [0.29, 0.717) is 10.9 Å². The first kappa shape index (κ1) is 13.2. The van der Waals surface area contributed by atoms with Gasteiger partial charge >= 0.3 is 0 Å². The van der Waals surface area contributed by atoms with Crippen LogP contribution in [0.3, 0.4) is 0 Å². The van der Waals surface area contributed by atoms with E-state index in [4.69, 9.17) is 27.9 Å². The predicted octanol–water partition coefficient (Wildman–Crippen LogP) is 4.17. The Labute approximate surface area is 122 Å². The summed E-state index contributed by atoms with van der Waals surface area (Å²) in [6.07, 6.45) is 2.41. The van der Waals surface area contributed by atoms with Crippen molar-refractivity contribution >= 4 is 34.2 Å². The molecule has 1 aromatic heterocycles. The number of fused-ring (bicyclic) bond motifs is 1. The summed E-state index contributed by atoms with van der Waals surface area (Å²) in [5.41, 5.74) is 1.86. The number of hydrogen-bond donors (Lipinski definition) is 0. The van der Waals surface area contributed by atoms with Gasteiger partial charge in [0.05, 0.1) is 34.1 Å². The van der Waals surface area contributed by atoms with Crippen LogP contribution >= 0.6 is 23.2 Å². The molecule has 19 heavy (non-hydrogen) atoms. The van der Waals surface area contributed by atoms with Crippen LogP contribution in [-0.2, 0) is 10.6 Å². The molecule has 1 aliphatic rings. The van der Waals surface area contributed by atoms with Crippen LogP contribution in [0.5, 0.6) is 0 Å². The molecule has 2 aromatic rings. The van der Waals surface area contributed by atoms with Gasteiger partial charge in [-0.15, -0.1) is 11.6 Å². The van der Waals surface area contributed by atoms with Gasteiger partial charge in [-0.25, -0.2) is 4.98 Å². The van der Waals surface area contributed by atoms with E-state index in [1.165, 1.54) is 0 Å². The second-order valence-corrected chi connectivity index (χ2v) is 5.61. The summed E-state index contributed by atoms with van der Waals surface area (Å²) < 4.78 is 7.93. The fraction of sp³-hybridized carbons (Fsp3) is 0.500. The minimum absolute atomic E-state index is 0.196. The molecule has 1 saturated heterocycles. The van der Waals surface area contributed by atoms with E-state index in [-0.39, 0.29) is 12.1 Å². The molecule has 0 bridgehead atoms. The number of imidazole rings is 1. The Balaban J connectivity index is 2.14. The van der Waals surface area contributed by atoms with E-state index in [2.05, 4.69) is 16.5 Å². The number of hydrogen-bond acceptors (Lipinski definition) is 2. The number of ether oxygens (including phenoxy) is 1. The molecule has 2 atom stereocenters. The van der Waals surface area contributed by atoms with Gasteiger partial charge in [0, 0.05) is 6.61 Å². The van der Waals surface area contributed by atoms with Crippen LogP contribution in [0.25, 0.3) is 11.0 Å². The van der Waals surface area contributed by atoms with Crippen LogP contribution in [-0.4, -0.2) is 22.3 Å². The first-order chi connectivity index (χ1) is 9.22. The molecule has 0 saturated carbocycles. The fourth-order valence-corrected chi connectivity index (χ4v) is 3.29. The molecule has 1 fully saturated rings. The lowest BCUT2D eigenvalue weighted by Crippen LogP contribution is -2.22. The standard InChI is InChI=1S/C14H16Cl2N2O/c1-9(12-6-3-7-19-12)18-13(8-15)17-11-5-2-4-10(16)14(11)18/h2,4-5,9,12H,3,6-8H2,1H3. The van der Waals surface area contributed by atoms with Crippen molar-refractivity contribution < 1.29 is 4.74 Å². The van der Waals surface area contributed by atoms with Gasteiger partial charge in [-0.3, -0.25) is 0 Å². The van der Waals surface area contributed by atoms with Crippen molar-refractivity contribution in [3.63, 3.8) is 0 Å². The monoisotopic (exact) mass is 298 g/mol. The van der Waals surface area contributed by atoms with Crippen molar-refractivity contribution in [1.82, 2.24) is 9.55 Å². The second-order valence-electron chi connectivity index (χ2n) is 4.93. The lowest BCUT2D eigenvalue weighted by Gasteiger charge is -2.23. The third kappa shape index (κ3) is 2.24. The van der Waals surface area contributed by atoms with Gasteiger partial charge in [-0.2, -0.15) is 0 Å². The van der Waals surface area contributed by atoms with Crippen molar-refractivity contribution in [2.75, 3.05) is 6.61 Å². The maximum atomic E-state index is 6.34. The molecule has 3 nitrogen and oxygen atoms in total. The first-order valence-corrected chi connectivity index (χ1v) is 7.46. The summed E-state index contributed by atoms with van der Waals surface area (Å²) >= 11 is 12.4. The molecule has 5 heteroatoms. The largest absolute Gasteiger partial charge is 0.376 e. The topological polar surface area (TPSA) is 27.1 Å². The summed E-state index contributed by atoms with van der Waals surface area (Å²) in [7, 11) is 0. The Bertz CT molecular complexity index is 590. The quantitative estimate of drug-likeness (QED) is 0.795. The van der Waals surface area contributed by atoms with Gasteiger partial charge in [0.15, 0.2) is 0 Å². The SMILES string of the molecule is CC(C1CCCO1)n1c(CCl)nc2cccc(Cl)c21. The molecule has 2 heterocycles. The highest BCUT2D eigenvalue weighted by Gasteiger charge is 2.27. The molecule has 102 valence electrons. The molecule has 0 aliphatic carbocycles. The summed E-state index contributed by atoms with van der Waals surface area (Å²) in [6.45, 7) is 2.99. The van der Waals surface area contributed by atoms with Gasteiger partial charge < -0.3 is 9.30 Å². The smallest absolute Gasteiger partial charge is 0.125 e. The van der Waals surface area contributed by atoms with Crippen molar-refractivity contribution in [3.8, 4) is 0 Å². The van der Waals surface area contributed by atoms with E-state index in [0.717, 1.165) is 36.3 Å². The Hall–Kier alpha value is -0.770. The number of nitrogens with zero attached hydrogens (tertiary/aromatic N) is 2. The first-order valence-electron chi connectivity index (χ1n) is 6.55. The molecule has 0 N–H and O–H groups in total. The maximum absolute atomic E-state index is 6.34. The van der Waals surface area contributed by atoms with Gasteiger partial charge in [0.25, 0.3) is 0 Å². The van der Waals surface area contributed by atoms with Crippen molar-refractivity contribution in [1.29, 1.82) is 0 Å². The molecule has 0 radical (unpaired) electrons. The highest BCUT2D eigenvalue weighted by atomic mass is 35.5. The summed E-state index contributed by atoms with van der Waals surface area (Å²) in [4.78, 5) is 4.58. The van der Waals surface area contributed by atoms with Gasteiger partial charge in [0.2, 0.25) is 0 Å². The summed E-state index contributed by atoms with van der Waals surface area (Å²) in [5.74, 6) is 1.23. The lowest BCUT2D eigenvalue weighted by molar-refractivity contribution is 0.0738. The molecular weight excluding hydrogens is 283 g/mol.